The van der Waals surface area contributed by atoms with Crippen molar-refractivity contribution < 1.29 is 14.3 Å². The first-order chi connectivity index (χ1) is 14.1. The van der Waals surface area contributed by atoms with Gasteiger partial charge < -0.3 is 19.6 Å². The molecule has 1 aliphatic heterocycles. The number of para-hydroxylation sites is 1. The van der Waals surface area contributed by atoms with Crippen LogP contribution in [0.1, 0.15) is 27.2 Å². The summed E-state index contributed by atoms with van der Waals surface area (Å²) < 4.78 is 4.84. The fourth-order valence-electron chi connectivity index (χ4n) is 4.22. The number of hydrogen-bond acceptors (Lipinski definition) is 3. The first kappa shape index (κ1) is 17.6. The molecule has 0 aliphatic carbocycles. The first-order valence-corrected chi connectivity index (χ1v) is 9.68. The number of fused-ring (bicyclic) bond motifs is 4. The molecule has 0 bridgehead atoms. The van der Waals surface area contributed by atoms with E-state index in [-0.39, 0.29) is 11.9 Å². The smallest absolute Gasteiger partial charge is 0.337 e. The highest BCUT2D eigenvalue weighted by Gasteiger charge is 2.25. The number of rotatable bonds is 3. The van der Waals surface area contributed by atoms with Gasteiger partial charge in [-0.2, -0.15) is 0 Å². The summed E-state index contributed by atoms with van der Waals surface area (Å²) in [5, 5.41) is 2.07. The SMILES string of the molecule is COC(=O)c1ccc2[nH]c3c(c2c1)CN(C(=O)Cc1c[nH]c2ccccc12)CC3. The van der Waals surface area contributed by atoms with E-state index in [1.165, 1.54) is 7.11 Å². The number of nitrogens with one attached hydrogen (secondary N) is 2. The van der Waals surface area contributed by atoms with Crippen LogP contribution in [-0.2, 0) is 28.9 Å². The molecule has 29 heavy (non-hydrogen) atoms. The maximum absolute atomic E-state index is 13.0. The minimum absolute atomic E-state index is 0.110. The number of hydrogen-bond donors (Lipinski definition) is 2. The zero-order chi connectivity index (χ0) is 20.0. The monoisotopic (exact) mass is 387 g/mol. The third-order valence-electron chi connectivity index (χ3n) is 5.77. The second-order valence-electron chi connectivity index (χ2n) is 7.44. The van der Waals surface area contributed by atoms with Gasteiger partial charge in [0.25, 0.3) is 0 Å². The number of aromatic amines is 2. The maximum atomic E-state index is 13.0. The molecule has 1 aliphatic rings. The third-order valence-corrected chi connectivity index (χ3v) is 5.77. The molecule has 0 spiro atoms. The van der Waals surface area contributed by atoms with Crippen molar-refractivity contribution in [3.05, 3.63) is 71.0 Å². The maximum Gasteiger partial charge on any atom is 0.337 e. The van der Waals surface area contributed by atoms with Gasteiger partial charge in [0.05, 0.1) is 19.1 Å². The van der Waals surface area contributed by atoms with E-state index < -0.39 is 0 Å². The van der Waals surface area contributed by atoms with Crippen LogP contribution < -0.4 is 0 Å². The van der Waals surface area contributed by atoms with Crippen LogP contribution in [0.25, 0.3) is 21.8 Å². The highest BCUT2D eigenvalue weighted by Crippen LogP contribution is 2.29. The summed E-state index contributed by atoms with van der Waals surface area (Å²) in [5.41, 5.74) is 5.78. The second kappa shape index (κ2) is 6.81. The van der Waals surface area contributed by atoms with Crippen LogP contribution in [0.3, 0.4) is 0 Å². The van der Waals surface area contributed by atoms with Crippen molar-refractivity contribution >= 4 is 33.7 Å². The number of H-pyrrole nitrogens is 2. The molecule has 2 aromatic heterocycles. The molecule has 146 valence electrons. The standard InChI is InChI=1S/C23H21N3O3/c1-29-23(28)14-6-7-20-17(10-14)18-13-26(9-8-21(18)25-20)22(27)11-15-12-24-19-5-3-2-4-16(15)19/h2-7,10,12,24-25H,8-9,11,13H2,1H3. The zero-order valence-corrected chi connectivity index (χ0v) is 16.1. The Morgan fingerprint density at radius 1 is 1.10 bits per heavy atom. The lowest BCUT2D eigenvalue weighted by molar-refractivity contribution is -0.131. The molecule has 0 saturated heterocycles. The van der Waals surface area contributed by atoms with Gasteiger partial charge in [-0.3, -0.25) is 4.79 Å². The Hall–Kier alpha value is -3.54. The fourth-order valence-corrected chi connectivity index (χ4v) is 4.22. The third kappa shape index (κ3) is 2.97. The normalized spacial score (nSPS) is 13.6. The number of carbonyl (C=O) groups is 2. The van der Waals surface area contributed by atoms with Crippen LogP contribution in [0.5, 0.6) is 0 Å². The van der Waals surface area contributed by atoms with Crippen LogP contribution in [-0.4, -0.2) is 40.4 Å². The summed E-state index contributed by atoms with van der Waals surface area (Å²) in [4.78, 5) is 33.5. The van der Waals surface area contributed by atoms with Gasteiger partial charge in [0.15, 0.2) is 0 Å². The number of amides is 1. The minimum atomic E-state index is -0.357. The number of carbonyl (C=O) groups excluding carboxylic acids is 2. The Morgan fingerprint density at radius 2 is 1.97 bits per heavy atom. The highest BCUT2D eigenvalue weighted by molar-refractivity contribution is 5.96. The number of methoxy groups -OCH3 is 1. The van der Waals surface area contributed by atoms with Crippen molar-refractivity contribution in [2.75, 3.05) is 13.7 Å². The van der Waals surface area contributed by atoms with Crippen LogP contribution in [0, 0.1) is 0 Å². The molecule has 1 amide bonds. The lowest BCUT2D eigenvalue weighted by Crippen LogP contribution is -2.36. The van der Waals surface area contributed by atoms with Crippen molar-refractivity contribution in [3.8, 4) is 0 Å². The summed E-state index contributed by atoms with van der Waals surface area (Å²) in [7, 11) is 1.38. The number of aromatic nitrogens is 2. The Kier molecular flexibility index (Phi) is 4.12. The van der Waals surface area contributed by atoms with Gasteiger partial charge in [0, 0.05) is 58.8 Å². The summed E-state index contributed by atoms with van der Waals surface area (Å²) in [6, 6.07) is 13.5. The molecule has 2 N–H and O–H groups in total. The summed E-state index contributed by atoms with van der Waals surface area (Å²) in [6.45, 7) is 1.23. The molecule has 4 aromatic rings. The van der Waals surface area contributed by atoms with E-state index in [0.717, 1.165) is 45.0 Å². The fraction of sp³-hybridized carbons (Fsp3) is 0.217. The van der Waals surface area contributed by atoms with E-state index in [1.54, 1.807) is 6.07 Å². The van der Waals surface area contributed by atoms with Crippen LogP contribution in [0.4, 0.5) is 0 Å². The van der Waals surface area contributed by atoms with Gasteiger partial charge in [-0.25, -0.2) is 4.79 Å². The van der Waals surface area contributed by atoms with Gasteiger partial charge in [-0.15, -0.1) is 0 Å². The largest absolute Gasteiger partial charge is 0.465 e. The van der Waals surface area contributed by atoms with E-state index >= 15 is 0 Å². The van der Waals surface area contributed by atoms with Crippen molar-refractivity contribution in [1.29, 1.82) is 0 Å². The van der Waals surface area contributed by atoms with Gasteiger partial charge in [-0.1, -0.05) is 18.2 Å². The molecule has 0 saturated carbocycles. The predicted octanol–water partition coefficient (Wildman–Crippen LogP) is 3.56. The molecule has 3 heterocycles. The van der Waals surface area contributed by atoms with Crippen molar-refractivity contribution in [2.24, 2.45) is 0 Å². The van der Waals surface area contributed by atoms with Crippen molar-refractivity contribution in [2.45, 2.75) is 19.4 Å². The summed E-state index contributed by atoms with van der Waals surface area (Å²) in [5.74, 6) is -0.246. The van der Waals surface area contributed by atoms with Crippen LogP contribution >= 0.6 is 0 Å². The number of benzene rings is 2. The van der Waals surface area contributed by atoms with Crippen LogP contribution in [0.15, 0.2) is 48.7 Å². The summed E-state index contributed by atoms with van der Waals surface area (Å²) in [6.07, 6.45) is 3.07. The molecule has 0 unspecified atom stereocenters. The number of ether oxygens (including phenoxy) is 1. The van der Waals surface area contributed by atoms with Crippen molar-refractivity contribution in [1.82, 2.24) is 14.9 Å². The Balaban J connectivity index is 1.42. The second-order valence-corrected chi connectivity index (χ2v) is 7.44. The Labute approximate surface area is 167 Å². The van der Waals surface area contributed by atoms with E-state index in [9.17, 15) is 9.59 Å². The Morgan fingerprint density at radius 3 is 2.83 bits per heavy atom. The lowest BCUT2D eigenvalue weighted by Gasteiger charge is -2.27. The molecular weight excluding hydrogens is 366 g/mol. The quantitative estimate of drug-likeness (QED) is 0.528. The minimum Gasteiger partial charge on any atom is -0.465 e. The Bertz CT molecular complexity index is 1250. The molecule has 5 rings (SSSR count). The highest BCUT2D eigenvalue weighted by atomic mass is 16.5. The topological polar surface area (TPSA) is 78.2 Å². The van der Waals surface area contributed by atoms with Gasteiger partial charge in [0.2, 0.25) is 5.91 Å². The number of esters is 1. The van der Waals surface area contributed by atoms with Gasteiger partial charge in [-0.05, 0) is 29.8 Å². The average molecular weight is 387 g/mol. The van der Waals surface area contributed by atoms with Gasteiger partial charge in [0.1, 0.15) is 0 Å². The van der Waals surface area contributed by atoms with Crippen molar-refractivity contribution in [3.63, 3.8) is 0 Å². The molecule has 0 atom stereocenters. The van der Waals surface area contributed by atoms with Crippen LogP contribution in [0.2, 0.25) is 0 Å². The molecule has 2 aromatic carbocycles. The predicted molar refractivity (Wildman–Crippen MR) is 111 cm³/mol. The van der Waals surface area contributed by atoms with E-state index in [1.807, 2.05) is 47.5 Å². The molecular formula is C23H21N3O3. The van der Waals surface area contributed by atoms with E-state index in [4.69, 9.17) is 4.74 Å². The van der Waals surface area contributed by atoms with E-state index in [2.05, 4.69) is 9.97 Å². The van der Waals surface area contributed by atoms with E-state index in [0.29, 0.717) is 25.1 Å². The molecule has 6 nitrogen and oxygen atoms in total. The number of nitrogens with zero attached hydrogens (tertiary/aromatic N) is 1. The average Bonchev–Trinajstić information content (AvgIpc) is 3.33. The first-order valence-electron chi connectivity index (χ1n) is 9.68. The zero-order valence-electron chi connectivity index (χ0n) is 16.1. The summed E-state index contributed by atoms with van der Waals surface area (Å²) >= 11 is 0. The molecule has 0 fully saturated rings. The molecule has 6 heteroatoms. The van der Waals surface area contributed by atoms with Gasteiger partial charge >= 0.3 is 5.97 Å². The molecule has 0 radical (unpaired) electrons. The lowest BCUT2D eigenvalue weighted by atomic mass is 10.0.